The number of hydrogen-bond donors (Lipinski definition) is 1. The molecule has 118 valence electrons. The lowest BCUT2D eigenvalue weighted by atomic mass is 9.94. The summed E-state index contributed by atoms with van der Waals surface area (Å²) in [5.74, 6) is 0.777. The molecular formula is C19H32N2. The van der Waals surface area contributed by atoms with Crippen LogP contribution in [0.5, 0.6) is 0 Å². The van der Waals surface area contributed by atoms with Crippen molar-refractivity contribution in [3.63, 3.8) is 0 Å². The van der Waals surface area contributed by atoms with Crippen LogP contribution in [0.3, 0.4) is 0 Å². The SMILES string of the molecule is CCC(C)C1CN(CCCc2ccccc2)C(CC)CN1. The van der Waals surface area contributed by atoms with E-state index in [9.17, 15) is 0 Å². The van der Waals surface area contributed by atoms with E-state index in [1.165, 1.54) is 44.3 Å². The molecule has 1 saturated heterocycles. The fourth-order valence-corrected chi connectivity index (χ4v) is 3.36. The van der Waals surface area contributed by atoms with E-state index in [4.69, 9.17) is 0 Å². The Labute approximate surface area is 130 Å². The van der Waals surface area contributed by atoms with E-state index in [-0.39, 0.29) is 0 Å². The number of benzene rings is 1. The van der Waals surface area contributed by atoms with Gasteiger partial charge in [0, 0.05) is 25.2 Å². The number of rotatable bonds is 7. The summed E-state index contributed by atoms with van der Waals surface area (Å²) in [6.45, 7) is 10.6. The van der Waals surface area contributed by atoms with Crippen molar-refractivity contribution in [2.75, 3.05) is 19.6 Å². The summed E-state index contributed by atoms with van der Waals surface area (Å²) >= 11 is 0. The molecule has 1 aliphatic rings. The fourth-order valence-electron chi connectivity index (χ4n) is 3.36. The van der Waals surface area contributed by atoms with Crippen LogP contribution in [0.15, 0.2) is 30.3 Å². The van der Waals surface area contributed by atoms with E-state index in [1.807, 2.05) is 0 Å². The van der Waals surface area contributed by atoms with Crippen molar-refractivity contribution in [2.24, 2.45) is 5.92 Å². The van der Waals surface area contributed by atoms with E-state index in [0.29, 0.717) is 6.04 Å². The Balaban J connectivity index is 1.83. The maximum Gasteiger partial charge on any atom is 0.0221 e. The minimum absolute atomic E-state index is 0.675. The van der Waals surface area contributed by atoms with Crippen molar-refractivity contribution in [2.45, 2.75) is 58.5 Å². The first kappa shape index (κ1) is 16.5. The smallest absolute Gasteiger partial charge is 0.0221 e. The van der Waals surface area contributed by atoms with Crippen molar-refractivity contribution in [3.8, 4) is 0 Å². The number of nitrogens with one attached hydrogen (secondary N) is 1. The predicted molar refractivity (Wildman–Crippen MR) is 91.7 cm³/mol. The Morgan fingerprint density at radius 2 is 2.00 bits per heavy atom. The van der Waals surface area contributed by atoms with Crippen molar-refractivity contribution in [1.29, 1.82) is 0 Å². The van der Waals surface area contributed by atoms with E-state index in [0.717, 1.165) is 18.5 Å². The molecule has 2 nitrogen and oxygen atoms in total. The van der Waals surface area contributed by atoms with Gasteiger partial charge in [0.05, 0.1) is 0 Å². The van der Waals surface area contributed by atoms with Crippen molar-refractivity contribution < 1.29 is 0 Å². The lowest BCUT2D eigenvalue weighted by molar-refractivity contribution is 0.105. The Bertz CT molecular complexity index is 390. The molecule has 3 unspecified atom stereocenters. The standard InChI is InChI=1S/C19H32N2/c1-4-16(3)19-15-21(18(5-2)14-20-19)13-9-12-17-10-7-6-8-11-17/h6-8,10-11,16,18-20H,4-5,9,12-15H2,1-3H3. The van der Waals surface area contributed by atoms with Gasteiger partial charge in [-0.15, -0.1) is 0 Å². The monoisotopic (exact) mass is 288 g/mol. The molecule has 2 rings (SSSR count). The minimum atomic E-state index is 0.675. The second-order valence-electron chi connectivity index (χ2n) is 6.55. The molecule has 1 aromatic carbocycles. The molecule has 0 bridgehead atoms. The molecule has 1 N–H and O–H groups in total. The zero-order valence-corrected chi connectivity index (χ0v) is 14.0. The molecule has 3 atom stereocenters. The summed E-state index contributed by atoms with van der Waals surface area (Å²) in [6, 6.07) is 12.3. The van der Waals surface area contributed by atoms with Crippen molar-refractivity contribution >= 4 is 0 Å². The second kappa shape index (κ2) is 8.55. The molecule has 21 heavy (non-hydrogen) atoms. The topological polar surface area (TPSA) is 15.3 Å². The average Bonchev–Trinajstić information content (AvgIpc) is 2.55. The van der Waals surface area contributed by atoms with Crippen LogP contribution in [0.1, 0.15) is 45.6 Å². The quantitative estimate of drug-likeness (QED) is 0.822. The molecule has 1 aromatic rings. The molecule has 0 aromatic heterocycles. The van der Waals surface area contributed by atoms with Gasteiger partial charge in [0.2, 0.25) is 0 Å². The maximum atomic E-state index is 3.77. The van der Waals surface area contributed by atoms with Gasteiger partial charge in [-0.2, -0.15) is 0 Å². The number of nitrogens with zero attached hydrogens (tertiary/aromatic N) is 1. The van der Waals surface area contributed by atoms with Gasteiger partial charge < -0.3 is 5.32 Å². The molecule has 0 radical (unpaired) electrons. The van der Waals surface area contributed by atoms with Crippen LogP contribution in [0.25, 0.3) is 0 Å². The fraction of sp³-hybridized carbons (Fsp3) is 0.684. The van der Waals surface area contributed by atoms with E-state index in [2.05, 4.69) is 61.3 Å². The third-order valence-electron chi connectivity index (χ3n) is 5.12. The van der Waals surface area contributed by atoms with Crippen molar-refractivity contribution in [1.82, 2.24) is 10.2 Å². The van der Waals surface area contributed by atoms with Crippen LogP contribution in [-0.4, -0.2) is 36.6 Å². The van der Waals surface area contributed by atoms with Crippen LogP contribution in [0.2, 0.25) is 0 Å². The van der Waals surface area contributed by atoms with Gasteiger partial charge in [-0.3, -0.25) is 4.90 Å². The van der Waals surface area contributed by atoms with E-state index in [1.54, 1.807) is 0 Å². The largest absolute Gasteiger partial charge is 0.311 e. The van der Waals surface area contributed by atoms with Gasteiger partial charge >= 0.3 is 0 Å². The molecule has 1 aliphatic heterocycles. The highest BCUT2D eigenvalue weighted by Crippen LogP contribution is 2.18. The Morgan fingerprint density at radius 3 is 2.67 bits per heavy atom. The van der Waals surface area contributed by atoms with Gasteiger partial charge in [-0.05, 0) is 37.3 Å². The highest BCUT2D eigenvalue weighted by molar-refractivity contribution is 5.14. The molecular weight excluding hydrogens is 256 g/mol. The highest BCUT2D eigenvalue weighted by atomic mass is 15.2. The molecule has 1 heterocycles. The summed E-state index contributed by atoms with van der Waals surface area (Å²) in [5.41, 5.74) is 1.47. The first-order valence-electron chi connectivity index (χ1n) is 8.76. The zero-order valence-electron chi connectivity index (χ0n) is 14.0. The maximum absolute atomic E-state index is 3.77. The lowest BCUT2D eigenvalue weighted by Gasteiger charge is -2.42. The Kier molecular flexibility index (Phi) is 6.72. The van der Waals surface area contributed by atoms with Crippen LogP contribution >= 0.6 is 0 Å². The van der Waals surface area contributed by atoms with Gasteiger partial charge in [0.25, 0.3) is 0 Å². The molecule has 0 spiro atoms. The first-order chi connectivity index (χ1) is 10.2. The summed E-state index contributed by atoms with van der Waals surface area (Å²) < 4.78 is 0. The van der Waals surface area contributed by atoms with Crippen LogP contribution < -0.4 is 5.32 Å². The molecule has 0 aliphatic carbocycles. The first-order valence-corrected chi connectivity index (χ1v) is 8.76. The van der Waals surface area contributed by atoms with Crippen LogP contribution in [0.4, 0.5) is 0 Å². The lowest BCUT2D eigenvalue weighted by Crippen LogP contribution is -2.58. The van der Waals surface area contributed by atoms with Crippen LogP contribution in [-0.2, 0) is 6.42 Å². The summed E-state index contributed by atoms with van der Waals surface area (Å²) in [5, 5.41) is 3.77. The van der Waals surface area contributed by atoms with Gasteiger partial charge in [-0.25, -0.2) is 0 Å². The number of piperazine rings is 1. The van der Waals surface area contributed by atoms with E-state index >= 15 is 0 Å². The third-order valence-corrected chi connectivity index (χ3v) is 5.12. The highest BCUT2D eigenvalue weighted by Gasteiger charge is 2.28. The third kappa shape index (κ3) is 4.82. The zero-order chi connectivity index (χ0) is 15.1. The van der Waals surface area contributed by atoms with Crippen molar-refractivity contribution in [3.05, 3.63) is 35.9 Å². The minimum Gasteiger partial charge on any atom is -0.311 e. The molecule has 0 saturated carbocycles. The van der Waals surface area contributed by atoms with Gasteiger partial charge in [0.1, 0.15) is 0 Å². The van der Waals surface area contributed by atoms with Gasteiger partial charge in [-0.1, -0.05) is 57.5 Å². The summed E-state index contributed by atoms with van der Waals surface area (Å²) in [4.78, 5) is 2.73. The molecule has 1 fully saturated rings. The number of aryl methyl sites for hydroxylation is 1. The summed E-state index contributed by atoms with van der Waals surface area (Å²) in [6.07, 6.45) is 5.00. The summed E-state index contributed by atoms with van der Waals surface area (Å²) in [7, 11) is 0. The molecule has 0 amide bonds. The van der Waals surface area contributed by atoms with E-state index < -0.39 is 0 Å². The normalized spacial score (nSPS) is 24.9. The molecule has 2 heteroatoms. The van der Waals surface area contributed by atoms with Crippen LogP contribution in [0, 0.1) is 5.92 Å². The Hall–Kier alpha value is -0.860. The average molecular weight is 288 g/mol. The second-order valence-corrected chi connectivity index (χ2v) is 6.55. The number of hydrogen-bond acceptors (Lipinski definition) is 2. The predicted octanol–water partition coefficient (Wildman–Crippen LogP) is 3.72. The van der Waals surface area contributed by atoms with Gasteiger partial charge in [0.15, 0.2) is 0 Å². The Morgan fingerprint density at radius 1 is 1.24 bits per heavy atom.